The molecule has 0 unspecified atom stereocenters. The van der Waals surface area contributed by atoms with Gasteiger partial charge in [-0.05, 0) is 42.7 Å². The number of anilines is 1. The van der Waals surface area contributed by atoms with E-state index in [1.165, 1.54) is 38.4 Å². The molecule has 2 N–H and O–H groups in total. The second-order valence-electron chi connectivity index (χ2n) is 6.73. The zero-order valence-electron chi connectivity index (χ0n) is 17.1. The number of aromatic nitrogens is 2. The van der Waals surface area contributed by atoms with E-state index in [0.717, 1.165) is 0 Å². The molecule has 0 atom stereocenters. The van der Waals surface area contributed by atoms with Gasteiger partial charge in [0.15, 0.2) is 6.61 Å². The minimum atomic E-state index is -3.14. The quantitative estimate of drug-likeness (QED) is 0.608. The summed E-state index contributed by atoms with van der Waals surface area (Å²) in [6.45, 7) is 7.05. The number of pyridine rings is 2. The number of aryl methyl sites for hydroxylation is 1. The topological polar surface area (TPSA) is 93.2 Å². The van der Waals surface area contributed by atoms with Crippen molar-refractivity contribution >= 4 is 17.6 Å². The first-order chi connectivity index (χ1) is 14.1. The fraction of sp³-hybridized carbons (Fsp3) is 0.333. The van der Waals surface area contributed by atoms with E-state index in [-0.39, 0.29) is 35.6 Å². The van der Waals surface area contributed by atoms with Gasteiger partial charge in [-0.15, -0.1) is 0 Å². The molecule has 160 valence electrons. The van der Waals surface area contributed by atoms with E-state index in [1.807, 2.05) is 6.92 Å². The minimum Gasteiger partial charge on any atom is -0.471 e. The third-order valence-electron chi connectivity index (χ3n) is 4.16. The second-order valence-corrected chi connectivity index (χ2v) is 6.73. The second kappa shape index (κ2) is 9.91. The summed E-state index contributed by atoms with van der Waals surface area (Å²) < 4.78 is 32.6. The maximum absolute atomic E-state index is 13.7. The highest BCUT2D eigenvalue weighted by atomic mass is 19.3. The molecule has 0 spiro atoms. The lowest BCUT2D eigenvalue weighted by Gasteiger charge is -2.18. The van der Waals surface area contributed by atoms with Crippen LogP contribution in [-0.2, 0) is 17.8 Å². The Morgan fingerprint density at radius 3 is 2.60 bits per heavy atom. The number of nitrogens with zero attached hydrogens (tertiary/aromatic N) is 2. The van der Waals surface area contributed by atoms with E-state index < -0.39 is 12.5 Å². The first-order valence-corrected chi connectivity index (χ1v) is 9.28. The lowest BCUT2D eigenvalue weighted by molar-refractivity contribution is -0.114. The molecule has 2 amide bonds. The Hall–Kier alpha value is -3.36. The molecule has 0 saturated heterocycles. The standard InChI is InChI=1S/C21H24F2N4O3/c1-5-16-8-15(11-26-20(16)30-12-21(22,23)13(2)3)10-25-19(29)17-6-7-24-18(9-17)27-14(4)28/h6-9,11H,2,5,10,12H2,1,3-4H3,(H,25,29)(H,24,27,28). The Morgan fingerprint density at radius 1 is 1.23 bits per heavy atom. The van der Waals surface area contributed by atoms with Gasteiger partial charge in [0, 0.05) is 37.0 Å². The van der Waals surface area contributed by atoms with E-state index in [9.17, 15) is 18.4 Å². The van der Waals surface area contributed by atoms with Crippen LogP contribution in [0.3, 0.4) is 0 Å². The van der Waals surface area contributed by atoms with Crippen LogP contribution >= 0.6 is 0 Å². The molecule has 0 radical (unpaired) electrons. The first-order valence-electron chi connectivity index (χ1n) is 9.28. The van der Waals surface area contributed by atoms with Crippen LogP contribution in [-0.4, -0.2) is 34.3 Å². The summed E-state index contributed by atoms with van der Waals surface area (Å²) in [4.78, 5) is 31.6. The molecule has 2 aromatic heterocycles. The molecule has 7 nitrogen and oxygen atoms in total. The minimum absolute atomic E-state index is 0.127. The van der Waals surface area contributed by atoms with Gasteiger partial charge in [0.1, 0.15) is 5.82 Å². The summed E-state index contributed by atoms with van der Waals surface area (Å²) in [5, 5.41) is 5.26. The van der Waals surface area contributed by atoms with E-state index in [1.54, 1.807) is 6.07 Å². The summed E-state index contributed by atoms with van der Waals surface area (Å²) >= 11 is 0. The number of alkyl halides is 2. The lowest BCUT2D eigenvalue weighted by Crippen LogP contribution is -2.27. The maximum Gasteiger partial charge on any atom is 0.302 e. The summed E-state index contributed by atoms with van der Waals surface area (Å²) in [5.41, 5.74) is 1.39. The Balaban J connectivity index is 2.03. The van der Waals surface area contributed by atoms with Crippen LogP contribution in [0.5, 0.6) is 5.88 Å². The molecule has 30 heavy (non-hydrogen) atoms. The normalized spacial score (nSPS) is 11.0. The van der Waals surface area contributed by atoms with Crippen LogP contribution in [0, 0.1) is 0 Å². The highest BCUT2D eigenvalue weighted by Crippen LogP contribution is 2.25. The Kier molecular flexibility index (Phi) is 7.57. The first kappa shape index (κ1) is 22.9. The van der Waals surface area contributed by atoms with Gasteiger partial charge in [0.05, 0.1) is 0 Å². The smallest absolute Gasteiger partial charge is 0.302 e. The van der Waals surface area contributed by atoms with Crippen LogP contribution in [0.4, 0.5) is 14.6 Å². The highest BCUT2D eigenvalue weighted by Gasteiger charge is 2.31. The van der Waals surface area contributed by atoms with Gasteiger partial charge < -0.3 is 15.4 Å². The number of halogens is 2. The number of hydrogen-bond acceptors (Lipinski definition) is 5. The molecule has 0 aromatic carbocycles. The number of hydrogen-bond donors (Lipinski definition) is 2. The van der Waals surface area contributed by atoms with Crippen molar-refractivity contribution in [1.29, 1.82) is 0 Å². The number of carbonyl (C=O) groups is 2. The molecule has 2 heterocycles. The van der Waals surface area contributed by atoms with Gasteiger partial charge >= 0.3 is 5.92 Å². The van der Waals surface area contributed by atoms with E-state index in [2.05, 4.69) is 27.2 Å². The third-order valence-corrected chi connectivity index (χ3v) is 4.16. The molecular weight excluding hydrogens is 394 g/mol. The van der Waals surface area contributed by atoms with Crippen molar-refractivity contribution in [1.82, 2.24) is 15.3 Å². The Labute approximate surface area is 173 Å². The summed E-state index contributed by atoms with van der Waals surface area (Å²) in [6, 6.07) is 4.73. The van der Waals surface area contributed by atoms with Crippen molar-refractivity contribution in [3.8, 4) is 5.88 Å². The van der Waals surface area contributed by atoms with Crippen molar-refractivity contribution in [3.05, 3.63) is 59.4 Å². The van der Waals surface area contributed by atoms with Crippen molar-refractivity contribution in [2.45, 2.75) is 39.7 Å². The van der Waals surface area contributed by atoms with Gasteiger partial charge in [-0.3, -0.25) is 9.59 Å². The largest absolute Gasteiger partial charge is 0.471 e. The summed E-state index contributed by atoms with van der Waals surface area (Å²) in [5.74, 6) is -3.38. The molecule has 2 rings (SSSR count). The third kappa shape index (κ3) is 6.33. The fourth-order valence-electron chi connectivity index (χ4n) is 2.41. The van der Waals surface area contributed by atoms with Gasteiger partial charge in [0.2, 0.25) is 11.8 Å². The van der Waals surface area contributed by atoms with Crippen LogP contribution < -0.4 is 15.4 Å². The van der Waals surface area contributed by atoms with Gasteiger partial charge in [-0.1, -0.05) is 13.5 Å². The molecule has 0 fully saturated rings. The molecular formula is C21H24F2N4O3. The van der Waals surface area contributed by atoms with E-state index in [4.69, 9.17) is 4.74 Å². The van der Waals surface area contributed by atoms with Crippen LogP contribution in [0.1, 0.15) is 42.3 Å². The van der Waals surface area contributed by atoms with E-state index in [0.29, 0.717) is 23.1 Å². The fourth-order valence-corrected chi connectivity index (χ4v) is 2.41. The number of amides is 2. The predicted octanol–water partition coefficient (Wildman–Crippen LogP) is 3.52. The number of ether oxygens (including phenoxy) is 1. The Morgan fingerprint density at radius 2 is 1.97 bits per heavy atom. The molecule has 0 bridgehead atoms. The number of nitrogens with one attached hydrogen (secondary N) is 2. The van der Waals surface area contributed by atoms with Crippen LogP contribution in [0.2, 0.25) is 0 Å². The molecule has 0 saturated carbocycles. The SMILES string of the molecule is C=C(C)C(F)(F)COc1ncc(CNC(=O)c2ccnc(NC(C)=O)c2)cc1CC. The van der Waals surface area contributed by atoms with Crippen molar-refractivity contribution in [2.24, 2.45) is 0 Å². The molecule has 2 aromatic rings. The molecule has 0 aliphatic rings. The zero-order chi connectivity index (χ0) is 22.3. The van der Waals surface area contributed by atoms with Gasteiger partial charge in [0.25, 0.3) is 5.91 Å². The molecule has 0 aliphatic carbocycles. The summed E-state index contributed by atoms with van der Waals surface area (Å²) in [7, 11) is 0. The number of carbonyl (C=O) groups excluding carboxylic acids is 2. The van der Waals surface area contributed by atoms with Crippen LogP contribution in [0.25, 0.3) is 0 Å². The Bertz CT molecular complexity index is 948. The lowest BCUT2D eigenvalue weighted by atomic mass is 10.1. The summed E-state index contributed by atoms with van der Waals surface area (Å²) in [6.07, 6.45) is 3.40. The monoisotopic (exact) mass is 418 g/mol. The van der Waals surface area contributed by atoms with Gasteiger partial charge in [-0.25, -0.2) is 9.97 Å². The van der Waals surface area contributed by atoms with Crippen molar-refractivity contribution in [2.75, 3.05) is 11.9 Å². The van der Waals surface area contributed by atoms with E-state index >= 15 is 0 Å². The number of rotatable bonds is 9. The predicted molar refractivity (Wildman–Crippen MR) is 109 cm³/mol. The van der Waals surface area contributed by atoms with Crippen LogP contribution in [0.15, 0.2) is 42.7 Å². The van der Waals surface area contributed by atoms with Crippen molar-refractivity contribution < 1.29 is 23.1 Å². The zero-order valence-corrected chi connectivity index (χ0v) is 17.1. The van der Waals surface area contributed by atoms with Gasteiger partial charge in [-0.2, -0.15) is 8.78 Å². The highest BCUT2D eigenvalue weighted by molar-refractivity contribution is 5.96. The average Bonchev–Trinajstić information content (AvgIpc) is 2.70. The molecule has 9 heteroatoms. The maximum atomic E-state index is 13.7. The average molecular weight is 418 g/mol. The molecule has 0 aliphatic heterocycles. The van der Waals surface area contributed by atoms with Crippen molar-refractivity contribution in [3.63, 3.8) is 0 Å².